The van der Waals surface area contributed by atoms with Crippen LogP contribution in [0.15, 0.2) is 11.6 Å². The molecule has 0 heterocycles. The third-order valence-corrected chi connectivity index (χ3v) is 0.981. The zero-order valence-electron chi connectivity index (χ0n) is 7.47. The van der Waals surface area contributed by atoms with Crippen LogP contribution < -0.4 is 5.32 Å². The lowest BCUT2D eigenvalue weighted by molar-refractivity contribution is -0.122. The van der Waals surface area contributed by atoms with Crippen molar-refractivity contribution in [3.8, 4) is 0 Å². The SMILES string of the molecule is C/C=C(/C)C(=O)NC=O.CC. The maximum Gasteiger partial charge on any atom is 0.252 e. The van der Waals surface area contributed by atoms with Gasteiger partial charge in [0.25, 0.3) is 5.91 Å². The molecule has 0 aliphatic carbocycles. The summed E-state index contributed by atoms with van der Waals surface area (Å²) in [6, 6.07) is 0. The smallest absolute Gasteiger partial charge is 0.252 e. The number of carbonyl (C=O) groups is 2. The van der Waals surface area contributed by atoms with Crippen molar-refractivity contribution in [2.24, 2.45) is 0 Å². The number of hydrogen-bond acceptors (Lipinski definition) is 2. The molecule has 11 heavy (non-hydrogen) atoms. The van der Waals surface area contributed by atoms with E-state index < -0.39 is 0 Å². The second-order valence-electron chi connectivity index (χ2n) is 1.56. The summed E-state index contributed by atoms with van der Waals surface area (Å²) in [5.74, 6) is -0.340. The first kappa shape index (κ1) is 12.5. The predicted molar refractivity (Wildman–Crippen MR) is 45.0 cm³/mol. The van der Waals surface area contributed by atoms with E-state index in [1.807, 2.05) is 19.2 Å². The number of imide groups is 1. The van der Waals surface area contributed by atoms with Gasteiger partial charge in [-0.25, -0.2) is 0 Å². The van der Waals surface area contributed by atoms with Gasteiger partial charge in [0.05, 0.1) is 0 Å². The molecule has 0 unspecified atom stereocenters. The summed E-state index contributed by atoms with van der Waals surface area (Å²) >= 11 is 0. The molecule has 3 heteroatoms. The predicted octanol–water partition coefficient (Wildman–Crippen LogP) is 1.25. The van der Waals surface area contributed by atoms with Crippen LogP contribution in [-0.2, 0) is 9.59 Å². The van der Waals surface area contributed by atoms with E-state index in [-0.39, 0.29) is 5.91 Å². The molecule has 0 fully saturated rings. The highest BCUT2D eigenvalue weighted by atomic mass is 16.2. The standard InChI is InChI=1S/C6H9NO2.C2H6/c1-3-5(2)6(9)7-4-8;1-2/h3-4H,1-2H3,(H,7,8,9);1-2H3/b5-3-;. The molecule has 0 bridgehead atoms. The van der Waals surface area contributed by atoms with E-state index in [0.717, 1.165) is 0 Å². The number of carbonyl (C=O) groups excluding carboxylic acids is 2. The number of hydrogen-bond donors (Lipinski definition) is 1. The van der Waals surface area contributed by atoms with Crippen molar-refractivity contribution in [2.45, 2.75) is 27.7 Å². The van der Waals surface area contributed by atoms with Gasteiger partial charge in [-0.05, 0) is 13.8 Å². The fourth-order valence-corrected chi connectivity index (χ4v) is 0.298. The molecule has 64 valence electrons. The molecule has 0 aromatic rings. The summed E-state index contributed by atoms with van der Waals surface area (Å²) in [4.78, 5) is 20.2. The monoisotopic (exact) mass is 157 g/mol. The number of nitrogens with one attached hydrogen (secondary N) is 1. The van der Waals surface area contributed by atoms with Crippen molar-refractivity contribution < 1.29 is 9.59 Å². The molecule has 1 N–H and O–H groups in total. The highest BCUT2D eigenvalue weighted by Gasteiger charge is 1.97. The molecule has 0 atom stereocenters. The van der Waals surface area contributed by atoms with Gasteiger partial charge in [-0.15, -0.1) is 0 Å². The third kappa shape index (κ3) is 6.77. The molecule has 3 nitrogen and oxygen atoms in total. The Balaban J connectivity index is 0. The quantitative estimate of drug-likeness (QED) is 0.484. The summed E-state index contributed by atoms with van der Waals surface area (Å²) in [5.41, 5.74) is 0.544. The maximum absolute atomic E-state index is 10.6. The molecular formula is C8H15NO2. The third-order valence-electron chi connectivity index (χ3n) is 0.981. The molecule has 0 aromatic carbocycles. The summed E-state index contributed by atoms with van der Waals surface area (Å²) in [6.45, 7) is 7.37. The van der Waals surface area contributed by atoms with Crippen LogP contribution in [0.4, 0.5) is 0 Å². The first-order valence-electron chi connectivity index (χ1n) is 3.59. The lowest BCUT2D eigenvalue weighted by atomic mass is 10.3. The number of rotatable bonds is 2. The second-order valence-corrected chi connectivity index (χ2v) is 1.56. The molecule has 0 aliphatic heterocycles. The largest absolute Gasteiger partial charge is 0.295 e. The Morgan fingerprint density at radius 2 is 1.82 bits per heavy atom. The van der Waals surface area contributed by atoms with E-state index in [1.54, 1.807) is 19.9 Å². The summed E-state index contributed by atoms with van der Waals surface area (Å²) in [5, 5.41) is 2.01. The van der Waals surface area contributed by atoms with E-state index in [2.05, 4.69) is 0 Å². The van der Waals surface area contributed by atoms with Gasteiger partial charge in [-0.1, -0.05) is 19.9 Å². The fourth-order valence-electron chi connectivity index (χ4n) is 0.298. The van der Waals surface area contributed by atoms with Crippen molar-refractivity contribution in [3.63, 3.8) is 0 Å². The topological polar surface area (TPSA) is 46.2 Å². The molecule has 0 aromatic heterocycles. The van der Waals surface area contributed by atoms with Crippen LogP contribution in [0.1, 0.15) is 27.7 Å². The minimum Gasteiger partial charge on any atom is -0.295 e. The van der Waals surface area contributed by atoms with E-state index in [1.165, 1.54) is 0 Å². The summed E-state index contributed by atoms with van der Waals surface area (Å²) in [7, 11) is 0. The summed E-state index contributed by atoms with van der Waals surface area (Å²) < 4.78 is 0. The Morgan fingerprint density at radius 3 is 2.09 bits per heavy atom. The van der Waals surface area contributed by atoms with E-state index in [4.69, 9.17) is 0 Å². The second kappa shape index (κ2) is 8.88. The Kier molecular flexibility index (Phi) is 10.1. The lowest BCUT2D eigenvalue weighted by Crippen LogP contribution is -2.21. The van der Waals surface area contributed by atoms with Gasteiger partial charge in [-0.2, -0.15) is 0 Å². The van der Waals surface area contributed by atoms with E-state index in [0.29, 0.717) is 12.0 Å². The molecule has 0 spiro atoms. The van der Waals surface area contributed by atoms with Crippen LogP contribution in [0.5, 0.6) is 0 Å². The van der Waals surface area contributed by atoms with Gasteiger partial charge >= 0.3 is 0 Å². The average Bonchev–Trinajstić information content (AvgIpc) is 2.07. The van der Waals surface area contributed by atoms with E-state index in [9.17, 15) is 9.59 Å². The minimum atomic E-state index is -0.340. The van der Waals surface area contributed by atoms with Crippen molar-refractivity contribution >= 4 is 12.3 Å². The first-order valence-corrected chi connectivity index (χ1v) is 3.59. The van der Waals surface area contributed by atoms with Crippen LogP contribution in [0.25, 0.3) is 0 Å². The van der Waals surface area contributed by atoms with Gasteiger partial charge < -0.3 is 0 Å². The van der Waals surface area contributed by atoms with Crippen LogP contribution in [0, 0.1) is 0 Å². The highest BCUT2D eigenvalue weighted by molar-refractivity contribution is 5.98. The van der Waals surface area contributed by atoms with Crippen molar-refractivity contribution in [1.82, 2.24) is 5.32 Å². The fraction of sp³-hybridized carbons (Fsp3) is 0.500. The zero-order valence-corrected chi connectivity index (χ0v) is 7.47. The van der Waals surface area contributed by atoms with Gasteiger partial charge in [0.1, 0.15) is 0 Å². The first-order chi connectivity index (χ1) is 5.22. The number of allylic oxidation sites excluding steroid dienone is 1. The lowest BCUT2D eigenvalue weighted by Gasteiger charge is -1.93. The van der Waals surface area contributed by atoms with Crippen LogP contribution >= 0.6 is 0 Å². The van der Waals surface area contributed by atoms with Crippen LogP contribution in [0.2, 0.25) is 0 Å². The maximum atomic E-state index is 10.6. The molecule has 0 saturated heterocycles. The van der Waals surface area contributed by atoms with Crippen LogP contribution in [-0.4, -0.2) is 12.3 Å². The summed E-state index contributed by atoms with van der Waals surface area (Å²) in [6.07, 6.45) is 2.01. The Bertz CT molecular complexity index is 150. The number of amides is 2. The van der Waals surface area contributed by atoms with Crippen molar-refractivity contribution in [1.29, 1.82) is 0 Å². The van der Waals surface area contributed by atoms with Crippen molar-refractivity contribution in [3.05, 3.63) is 11.6 Å². The van der Waals surface area contributed by atoms with Crippen LogP contribution in [0.3, 0.4) is 0 Å². The highest BCUT2D eigenvalue weighted by Crippen LogP contribution is 1.88. The normalized spacial score (nSPS) is 9.27. The Morgan fingerprint density at radius 1 is 1.36 bits per heavy atom. The molecule has 0 aliphatic rings. The van der Waals surface area contributed by atoms with E-state index >= 15 is 0 Å². The van der Waals surface area contributed by atoms with Crippen molar-refractivity contribution in [2.75, 3.05) is 0 Å². The van der Waals surface area contributed by atoms with Gasteiger partial charge in [0.2, 0.25) is 6.41 Å². The minimum absolute atomic E-state index is 0.340. The Labute approximate surface area is 67.5 Å². The zero-order chi connectivity index (χ0) is 9.28. The molecule has 2 amide bonds. The van der Waals surface area contributed by atoms with Gasteiger partial charge in [0.15, 0.2) is 0 Å². The molecule has 0 radical (unpaired) electrons. The molecule has 0 rings (SSSR count). The van der Waals surface area contributed by atoms with Gasteiger partial charge in [0, 0.05) is 5.57 Å². The average molecular weight is 157 g/mol. The molecule has 0 saturated carbocycles. The molecular weight excluding hydrogens is 142 g/mol. The van der Waals surface area contributed by atoms with Gasteiger partial charge in [-0.3, -0.25) is 14.9 Å². The Hall–Kier alpha value is -1.12.